The maximum absolute atomic E-state index is 12.6. The fourth-order valence-corrected chi connectivity index (χ4v) is 2.99. The van der Waals surface area contributed by atoms with E-state index in [0.717, 1.165) is 24.5 Å². The van der Waals surface area contributed by atoms with Gasteiger partial charge >= 0.3 is 0 Å². The summed E-state index contributed by atoms with van der Waals surface area (Å²) in [4.78, 5) is 27.0. The molecule has 0 saturated carbocycles. The van der Waals surface area contributed by atoms with Gasteiger partial charge in [-0.3, -0.25) is 9.59 Å². The quantitative estimate of drug-likeness (QED) is 0.852. The van der Waals surface area contributed by atoms with Crippen LogP contribution in [0.15, 0.2) is 48.5 Å². The van der Waals surface area contributed by atoms with Gasteiger partial charge in [0, 0.05) is 41.1 Å². The third-order valence-corrected chi connectivity index (χ3v) is 4.38. The Morgan fingerprint density at radius 3 is 2.14 bits per heavy atom. The van der Waals surface area contributed by atoms with Crippen LogP contribution in [0.25, 0.3) is 0 Å². The van der Waals surface area contributed by atoms with Crippen LogP contribution in [0.4, 0.5) is 11.4 Å². The van der Waals surface area contributed by atoms with Crippen LogP contribution in [0.3, 0.4) is 0 Å². The van der Waals surface area contributed by atoms with Crippen molar-refractivity contribution >= 4 is 23.2 Å². The van der Waals surface area contributed by atoms with Crippen molar-refractivity contribution < 1.29 is 14.3 Å². The van der Waals surface area contributed by atoms with Crippen molar-refractivity contribution in [3.63, 3.8) is 0 Å². The third-order valence-electron chi connectivity index (χ3n) is 4.38. The first kappa shape index (κ1) is 19.9. The zero-order valence-corrected chi connectivity index (χ0v) is 16.6. The molecule has 0 bridgehead atoms. The summed E-state index contributed by atoms with van der Waals surface area (Å²) in [6.07, 6.45) is 0. The number of morpholine rings is 1. The highest BCUT2D eigenvalue weighted by Crippen LogP contribution is 2.21. The van der Waals surface area contributed by atoms with Crippen molar-refractivity contribution in [1.29, 1.82) is 0 Å². The van der Waals surface area contributed by atoms with Gasteiger partial charge in [0.15, 0.2) is 0 Å². The van der Waals surface area contributed by atoms with Gasteiger partial charge in [-0.1, -0.05) is 6.07 Å². The highest BCUT2D eigenvalue weighted by molar-refractivity contribution is 6.05. The molecule has 6 nitrogen and oxygen atoms in total. The van der Waals surface area contributed by atoms with Crippen LogP contribution in [0.1, 0.15) is 41.5 Å². The molecule has 1 heterocycles. The third kappa shape index (κ3) is 5.33. The number of ether oxygens (including phenoxy) is 1. The van der Waals surface area contributed by atoms with Crippen molar-refractivity contribution in [2.75, 3.05) is 36.5 Å². The molecule has 6 heteroatoms. The molecule has 148 valence electrons. The van der Waals surface area contributed by atoms with Crippen molar-refractivity contribution in [2.24, 2.45) is 0 Å². The van der Waals surface area contributed by atoms with Crippen molar-refractivity contribution in [1.82, 2.24) is 5.32 Å². The van der Waals surface area contributed by atoms with Gasteiger partial charge < -0.3 is 20.3 Å². The Morgan fingerprint density at radius 1 is 0.929 bits per heavy atom. The van der Waals surface area contributed by atoms with Gasteiger partial charge in [0.05, 0.1) is 13.2 Å². The summed E-state index contributed by atoms with van der Waals surface area (Å²) < 4.78 is 5.39. The minimum absolute atomic E-state index is 0.155. The van der Waals surface area contributed by atoms with Gasteiger partial charge in [-0.25, -0.2) is 0 Å². The molecule has 2 aromatic rings. The lowest BCUT2D eigenvalue weighted by atomic mass is 10.1. The highest BCUT2D eigenvalue weighted by atomic mass is 16.5. The molecule has 0 aromatic heterocycles. The summed E-state index contributed by atoms with van der Waals surface area (Å²) >= 11 is 0. The van der Waals surface area contributed by atoms with Crippen molar-refractivity contribution in [3.05, 3.63) is 59.7 Å². The van der Waals surface area contributed by atoms with Gasteiger partial charge in [0.25, 0.3) is 11.8 Å². The summed E-state index contributed by atoms with van der Waals surface area (Å²) in [5, 5.41) is 5.84. The van der Waals surface area contributed by atoms with Gasteiger partial charge in [-0.05, 0) is 63.2 Å². The molecule has 0 unspecified atom stereocenters. The molecule has 0 aliphatic carbocycles. The van der Waals surface area contributed by atoms with E-state index in [2.05, 4.69) is 15.5 Å². The number of nitrogens with one attached hydrogen (secondary N) is 2. The van der Waals surface area contributed by atoms with E-state index in [1.54, 1.807) is 24.3 Å². The Labute approximate surface area is 165 Å². The average molecular weight is 381 g/mol. The number of rotatable bonds is 4. The van der Waals surface area contributed by atoms with Crippen molar-refractivity contribution in [2.45, 2.75) is 26.3 Å². The van der Waals surface area contributed by atoms with Crippen molar-refractivity contribution in [3.8, 4) is 0 Å². The fraction of sp³-hybridized carbons (Fsp3) is 0.364. The number of benzene rings is 2. The summed E-state index contributed by atoms with van der Waals surface area (Å²) in [5.74, 6) is -0.362. The molecule has 0 radical (unpaired) electrons. The summed E-state index contributed by atoms with van der Waals surface area (Å²) in [7, 11) is 0. The molecule has 1 fully saturated rings. The van der Waals surface area contributed by atoms with E-state index in [4.69, 9.17) is 4.74 Å². The molecule has 28 heavy (non-hydrogen) atoms. The zero-order chi connectivity index (χ0) is 20.1. The van der Waals surface area contributed by atoms with E-state index >= 15 is 0 Å². The molecule has 1 aliphatic rings. The molecule has 0 spiro atoms. The summed E-state index contributed by atoms with van der Waals surface area (Å²) in [5.41, 5.74) is 2.53. The number of nitrogens with zero attached hydrogens (tertiary/aromatic N) is 1. The number of carbonyl (C=O) groups excluding carboxylic acids is 2. The Bertz CT molecular complexity index is 835. The standard InChI is InChI=1S/C22H27N3O3/c1-22(2,3)24-21(27)17-9-7-16(8-10-17)20(26)23-18-5-4-6-19(15-18)25-11-13-28-14-12-25/h4-10,15H,11-14H2,1-3H3,(H,23,26)(H,24,27). The van der Waals surface area contributed by atoms with E-state index in [1.807, 2.05) is 45.0 Å². The normalized spacial score (nSPS) is 14.5. The molecule has 2 N–H and O–H groups in total. The Hall–Kier alpha value is -2.86. The van der Waals surface area contributed by atoms with E-state index < -0.39 is 0 Å². The second-order valence-corrected chi connectivity index (χ2v) is 7.89. The SMILES string of the molecule is CC(C)(C)NC(=O)c1ccc(C(=O)Nc2cccc(N3CCOCC3)c2)cc1. The molecule has 1 aliphatic heterocycles. The monoisotopic (exact) mass is 381 g/mol. The number of carbonyl (C=O) groups is 2. The van der Waals surface area contributed by atoms with Crippen LogP contribution in [-0.4, -0.2) is 43.7 Å². The Morgan fingerprint density at radius 2 is 1.54 bits per heavy atom. The number of hydrogen-bond donors (Lipinski definition) is 2. The van der Waals surface area contributed by atoms with Crippen LogP contribution >= 0.6 is 0 Å². The largest absolute Gasteiger partial charge is 0.378 e. The molecular formula is C22H27N3O3. The fourth-order valence-electron chi connectivity index (χ4n) is 2.99. The Kier molecular flexibility index (Phi) is 5.99. The maximum Gasteiger partial charge on any atom is 0.255 e. The number of hydrogen-bond acceptors (Lipinski definition) is 4. The second-order valence-electron chi connectivity index (χ2n) is 7.89. The van der Waals surface area contributed by atoms with Gasteiger partial charge in [0.1, 0.15) is 0 Å². The van der Waals surface area contributed by atoms with Crippen LogP contribution < -0.4 is 15.5 Å². The second kappa shape index (κ2) is 8.44. The first-order chi connectivity index (χ1) is 13.3. The molecule has 0 atom stereocenters. The highest BCUT2D eigenvalue weighted by Gasteiger charge is 2.16. The minimum Gasteiger partial charge on any atom is -0.378 e. The first-order valence-corrected chi connectivity index (χ1v) is 9.48. The summed E-state index contributed by atoms with van der Waals surface area (Å²) in [6, 6.07) is 14.5. The molecular weight excluding hydrogens is 354 g/mol. The lowest BCUT2D eigenvalue weighted by molar-refractivity contribution is 0.0918. The predicted molar refractivity (Wildman–Crippen MR) is 111 cm³/mol. The van der Waals surface area contributed by atoms with Crippen LogP contribution in [-0.2, 0) is 4.74 Å². The van der Waals surface area contributed by atoms with Gasteiger partial charge in [0.2, 0.25) is 0 Å². The van der Waals surface area contributed by atoms with E-state index in [1.165, 1.54) is 0 Å². The van der Waals surface area contributed by atoms with E-state index in [-0.39, 0.29) is 17.4 Å². The number of amides is 2. The number of anilines is 2. The minimum atomic E-state index is -0.307. The summed E-state index contributed by atoms with van der Waals surface area (Å²) in [6.45, 7) is 8.90. The van der Waals surface area contributed by atoms with Gasteiger partial charge in [-0.2, -0.15) is 0 Å². The molecule has 3 rings (SSSR count). The molecule has 1 saturated heterocycles. The Balaban J connectivity index is 1.65. The van der Waals surface area contributed by atoms with E-state index in [9.17, 15) is 9.59 Å². The average Bonchev–Trinajstić information content (AvgIpc) is 2.68. The van der Waals surface area contributed by atoms with Crippen LogP contribution in [0.2, 0.25) is 0 Å². The topological polar surface area (TPSA) is 70.7 Å². The van der Waals surface area contributed by atoms with E-state index in [0.29, 0.717) is 24.3 Å². The first-order valence-electron chi connectivity index (χ1n) is 9.48. The zero-order valence-electron chi connectivity index (χ0n) is 16.6. The van der Waals surface area contributed by atoms with Gasteiger partial charge in [-0.15, -0.1) is 0 Å². The maximum atomic E-state index is 12.6. The predicted octanol–water partition coefficient (Wildman–Crippen LogP) is 3.30. The smallest absolute Gasteiger partial charge is 0.255 e. The van der Waals surface area contributed by atoms with Crippen LogP contribution in [0, 0.1) is 0 Å². The van der Waals surface area contributed by atoms with Crippen LogP contribution in [0.5, 0.6) is 0 Å². The molecule has 2 amide bonds. The molecule has 2 aromatic carbocycles. The lowest BCUT2D eigenvalue weighted by Gasteiger charge is -2.29. The lowest BCUT2D eigenvalue weighted by Crippen LogP contribution is -2.40.